The molecule has 1 aromatic carbocycles. The average Bonchev–Trinajstić information content (AvgIpc) is 2.82. The van der Waals surface area contributed by atoms with Crippen molar-refractivity contribution in [3.63, 3.8) is 0 Å². The van der Waals surface area contributed by atoms with E-state index in [0.29, 0.717) is 10.7 Å². The van der Waals surface area contributed by atoms with Crippen molar-refractivity contribution in [1.29, 1.82) is 0 Å². The van der Waals surface area contributed by atoms with E-state index in [0.717, 1.165) is 41.9 Å². The number of hydrogen-bond acceptors (Lipinski definition) is 3. The molecule has 19 heavy (non-hydrogen) atoms. The second-order valence-electron chi connectivity index (χ2n) is 4.73. The summed E-state index contributed by atoms with van der Waals surface area (Å²) in [6.07, 6.45) is 2.21. The molecule has 0 saturated carbocycles. The van der Waals surface area contributed by atoms with Gasteiger partial charge in [-0.2, -0.15) is 5.10 Å². The molecule has 0 unspecified atom stereocenters. The Balaban J connectivity index is 2.05. The van der Waals surface area contributed by atoms with E-state index in [1.54, 1.807) is 0 Å². The molecule has 3 rings (SSSR count). The molecule has 0 amide bonds. The average molecular weight is 339 g/mol. The van der Waals surface area contributed by atoms with Crippen molar-refractivity contribution < 1.29 is 0 Å². The van der Waals surface area contributed by atoms with E-state index in [1.165, 1.54) is 0 Å². The molecule has 2 N–H and O–H groups in total. The van der Waals surface area contributed by atoms with Gasteiger partial charge in [0.1, 0.15) is 5.82 Å². The molecule has 1 fully saturated rings. The lowest BCUT2D eigenvalue weighted by atomic mass is 9.97. The maximum atomic E-state index is 5.38. The van der Waals surface area contributed by atoms with Gasteiger partial charge in [0.2, 0.25) is 0 Å². The van der Waals surface area contributed by atoms with E-state index in [2.05, 4.69) is 48.1 Å². The largest absolute Gasteiger partial charge is 0.317 e. The molecule has 0 atom stereocenters. The minimum atomic E-state index is 0.466. The highest BCUT2D eigenvalue weighted by Crippen LogP contribution is 2.26. The van der Waals surface area contributed by atoms with Gasteiger partial charge in [-0.25, -0.2) is 0 Å². The van der Waals surface area contributed by atoms with Crippen LogP contribution in [0.1, 0.15) is 24.6 Å². The lowest BCUT2D eigenvalue weighted by Gasteiger charge is -2.22. The minimum absolute atomic E-state index is 0.466. The Labute approximate surface area is 125 Å². The number of aromatic nitrogens is 3. The summed E-state index contributed by atoms with van der Waals surface area (Å²) in [5.41, 5.74) is 1.06. The van der Waals surface area contributed by atoms with Crippen LogP contribution in [0, 0.1) is 4.77 Å². The topological polar surface area (TPSA) is 45.6 Å². The first kappa shape index (κ1) is 13.0. The molecule has 1 saturated heterocycles. The van der Waals surface area contributed by atoms with Crippen LogP contribution < -0.4 is 5.32 Å². The summed E-state index contributed by atoms with van der Waals surface area (Å²) in [5.74, 6) is 1.51. The molecule has 4 nitrogen and oxygen atoms in total. The van der Waals surface area contributed by atoms with Crippen molar-refractivity contribution in [2.45, 2.75) is 18.8 Å². The van der Waals surface area contributed by atoms with Gasteiger partial charge in [0.25, 0.3) is 0 Å². The van der Waals surface area contributed by atoms with E-state index >= 15 is 0 Å². The Morgan fingerprint density at radius 2 is 2.11 bits per heavy atom. The third-order valence-electron chi connectivity index (χ3n) is 3.47. The predicted octanol–water partition coefficient (Wildman–Crippen LogP) is 3.16. The molecule has 1 aromatic heterocycles. The summed E-state index contributed by atoms with van der Waals surface area (Å²) in [5, 5.41) is 10.8. The van der Waals surface area contributed by atoms with Gasteiger partial charge in [-0.15, -0.1) is 0 Å². The maximum absolute atomic E-state index is 5.38. The van der Waals surface area contributed by atoms with E-state index in [4.69, 9.17) is 12.2 Å². The van der Waals surface area contributed by atoms with Crippen molar-refractivity contribution in [3.05, 3.63) is 39.3 Å². The number of benzene rings is 1. The van der Waals surface area contributed by atoms with Crippen LogP contribution in [0.15, 0.2) is 28.7 Å². The summed E-state index contributed by atoms with van der Waals surface area (Å²) in [6.45, 7) is 2.09. The van der Waals surface area contributed by atoms with Gasteiger partial charge in [0, 0.05) is 10.4 Å². The highest BCUT2D eigenvalue weighted by Gasteiger charge is 2.21. The van der Waals surface area contributed by atoms with Crippen LogP contribution >= 0.6 is 28.1 Å². The molecule has 100 valence electrons. The third kappa shape index (κ3) is 2.66. The summed E-state index contributed by atoms with van der Waals surface area (Å²) in [6, 6.07) is 8.15. The highest BCUT2D eigenvalue weighted by atomic mass is 79.9. The number of halogens is 1. The van der Waals surface area contributed by atoms with Crippen LogP contribution in [0.3, 0.4) is 0 Å². The smallest absolute Gasteiger partial charge is 0.199 e. The number of piperidine rings is 1. The van der Waals surface area contributed by atoms with E-state index in [-0.39, 0.29) is 0 Å². The lowest BCUT2D eigenvalue weighted by Crippen LogP contribution is -2.28. The number of aromatic amines is 1. The van der Waals surface area contributed by atoms with Crippen LogP contribution in [0.5, 0.6) is 0 Å². The molecule has 1 aliphatic rings. The fourth-order valence-corrected chi connectivity index (χ4v) is 3.16. The molecule has 0 radical (unpaired) electrons. The lowest BCUT2D eigenvalue weighted by molar-refractivity contribution is 0.440. The van der Waals surface area contributed by atoms with Gasteiger partial charge in [0.05, 0.1) is 5.69 Å². The predicted molar refractivity (Wildman–Crippen MR) is 81.3 cm³/mol. The van der Waals surface area contributed by atoms with Gasteiger partial charge < -0.3 is 5.32 Å². The Morgan fingerprint density at radius 3 is 2.84 bits per heavy atom. The van der Waals surface area contributed by atoms with E-state index < -0.39 is 0 Å². The monoisotopic (exact) mass is 338 g/mol. The van der Waals surface area contributed by atoms with Crippen molar-refractivity contribution in [2.75, 3.05) is 13.1 Å². The quantitative estimate of drug-likeness (QED) is 0.826. The van der Waals surface area contributed by atoms with Gasteiger partial charge >= 0.3 is 0 Å². The molecular formula is C13H15BrN4S. The van der Waals surface area contributed by atoms with Crippen molar-refractivity contribution in [2.24, 2.45) is 0 Å². The summed E-state index contributed by atoms with van der Waals surface area (Å²) < 4.78 is 3.76. The molecule has 2 aromatic rings. The van der Waals surface area contributed by atoms with E-state index in [9.17, 15) is 0 Å². The Kier molecular flexibility index (Phi) is 3.81. The number of rotatable bonds is 2. The Morgan fingerprint density at radius 1 is 1.32 bits per heavy atom. The standard InChI is InChI=1S/C13H15BrN4S/c14-10-2-1-3-11(8-10)18-12(16-17-13(18)19)9-4-6-15-7-5-9/h1-3,8-9,15H,4-7H2,(H,17,19). The van der Waals surface area contributed by atoms with Crippen molar-refractivity contribution >= 4 is 28.1 Å². The summed E-state index contributed by atoms with van der Waals surface area (Å²) in [4.78, 5) is 0. The number of nitrogens with zero attached hydrogens (tertiary/aromatic N) is 2. The zero-order valence-corrected chi connectivity index (χ0v) is 12.8. The Bertz CT molecular complexity index is 628. The molecular weight excluding hydrogens is 324 g/mol. The number of nitrogens with one attached hydrogen (secondary N) is 2. The molecule has 0 aliphatic carbocycles. The minimum Gasteiger partial charge on any atom is -0.317 e. The zero-order valence-electron chi connectivity index (χ0n) is 10.4. The van der Waals surface area contributed by atoms with Crippen LogP contribution in [0.4, 0.5) is 0 Å². The van der Waals surface area contributed by atoms with Gasteiger partial charge in [-0.3, -0.25) is 9.67 Å². The highest BCUT2D eigenvalue weighted by molar-refractivity contribution is 9.10. The fraction of sp³-hybridized carbons (Fsp3) is 0.385. The van der Waals surface area contributed by atoms with Gasteiger partial charge in [0.15, 0.2) is 4.77 Å². The number of H-pyrrole nitrogens is 1. The molecule has 0 spiro atoms. The van der Waals surface area contributed by atoms with Crippen molar-refractivity contribution in [1.82, 2.24) is 20.1 Å². The number of hydrogen-bond donors (Lipinski definition) is 2. The van der Waals surface area contributed by atoms with Crippen LogP contribution in [-0.4, -0.2) is 27.9 Å². The Hall–Kier alpha value is -0.980. The third-order valence-corrected chi connectivity index (χ3v) is 4.24. The maximum Gasteiger partial charge on any atom is 0.199 e. The first-order valence-electron chi connectivity index (χ1n) is 6.39. The van der Waals surface area contributed by atoms with E-state index in [1.807, 2.05) is 12.1 Å². The first-order chi connectivity index (χ1) is 9.25. The normalized spacial score (nSPS) is 16.7. The van der Waals surface area contributed by atoms with Crippen LogP contribution in [0.25, 0.3) is 5.69 Å². The molecule has 2 heterocycles. The SMILES string of the molecule is S=c1[nH]nc(C2CCNCC2)n1-c1cccc(Br)c1. The second-order valence-corrected chi connectivity index (χ2v) is 6.03. The fourth-order valence-electron chi connectivity index (χ4n) is 2.53. The zero-order chi connectivity index (χ0) is 13.2. The van der Waals surface area contributed by atoms with Gasteiger partial charge in [-0.05, 0) is 56.3 Å². The van der Waals surface area contributed by atoms with Crippen LogP contribution in [0.2, 0.25) is 0 Å². The summed E-state index contributed by atoms with van der Waals surface area (Å²) in [7, 11) is 0. The molecule has 0 bridgehead atoms. The molecule has 6 heteroatoms. The first-order valence-corrected chi connectivity index (χ1v) is 7.60. The summed E-state index contributed by atoms with van der Waals surface area (Å²) >= 11 is 8.89. The van der Waals surface area contributed by atoms with Gasteiger partial charge in [-0.1, -0.05) is 22.0 Å². The van der Waals surface area contributed by atoms with Crippen LogP contribution in [-0.2, 0) is 0 Å². The second kappa shape index (κ2) is 5.56. The molecule has 1 aliphatic heterocycles. The van der Waals surface area contributed by atoms with Crippen molar-refractivity contribution in [3.8, 4) is 5.69 Å².